The van der Waals surface area contributed by atoms with Crippen LogP contribution in [0, 0.1) is 10.1 Å². The summed E-state index contributed by atoms with van der Waals surface area (Å²) >= 11 is 0. The standard InChI is InChI=1S/C23H18N4O4/c1-2-15-7-9-16(10-8-15)21-13-19(18-5-3-4-6-20(18)25-21)23(28)26-24-14-17-11-12-22(31-17)27(29)30/h3-14H,2H2,1H3,(H,26,28)/b24-14+. The maximum absolute atomic E-state index is 12.9. The van der Waals surface area contributed by atoms with Crippen molar-refractivity contribution in [3.63, 3.8) is 0 Å². The summed E-state index contributed by atoms with van der Waals surface area (Å²) in [5.41, 5.74) is 6.36. The molecule has 0 fully saturated rings. The summed E-state index contributed by atoms with van der Waals surface area (Å²) in [6.07, 6.45) is 2.15. The van der Waals surface area contributed by atoms with Gasteiger partial charge in [0.2, 0.25) is 0 Å². The van der Waals surface area contributed by atoms with Crippen LogP contribution in [0.4, 0.5) is 5.88 Å². The Balaban J connectivity index is 1.63. The minimum atomic E-state index is -0.645. The zero-order chi connectivity index (χ0) is 21.8. The third-order valence-electron chi connectivity index (χ3n) is 4.77. The van der Waals surface area contributed by atoms with Gasteiger partial charge >= 0.3 is 5.88 Å². The number of rotatable bonds is 6. The number of hydrogen-bond acceptors (Lipinski definition) is 6. The molecule has 0 saturated heterocycles. The van der Waals surface area contributed by atoms with Gasteiger partial charge in [0, 0.05) is 10.9 Å². The van der Waals surface area contributed by atoms with E-state index in [2.05, 4.69) is 17.5 Å². The van der Waals surface area contributed by atoms with E-state index in [9.17, 15) is 14.9 Å². The lowest BCUT2D eigenvalue weighted by Crippen LogP contribution is -2.18. The molecule has 0 bridgehead atoms. The van der Waals surface area contributed by atoms with E-state index >= 15 is 0 Å². The number of hydrogen-bond donors (Lipinski definition) is 1. The number of aryl methyl sites for hydroxylation is 1. The van der Waals surface area contributed by atoms with Crippen LogP contribution >= 0.6 is 0 Å². The number of aromatic nitrogens is 1. The first-order chi connectivity index (χ1) is 15.0. The summed E-state index contributed by atoms with van der Waals surface area (Å²) < 4.78 is 4.99. The van der Waals surface area contributed by atoms with E-state index < -0.39 is 16.7 Å². The molecule has 4 rings (SSSR count). The molecule has 0 radical (unpaired) electrons. The largest absolute Gasteiger partial charge is 0.433 e. The average molecular weight is 414 g/mol. The molecule has 2 aromatic carbocycles. The number of carbonyl (C=O) groups is 1. The summed E-state index contributed by atoms with van der Waals surface area (Å²) in [6, 6.07) is 19.8. The first-order valence-electron chi connectivity index (χ1n) is 9.62. The highest BCUT2D eigenvalue weighted by Crippen LogP contribution is 2.25. The van der Waals surface area contributed by atoms with Crippen molar-refractivity contribution in [3.8, 4) is 11.3 Å². The van der Waals surface area contributed by atoms with Gasteiger partial charge in [0.05, 0.1) is 29.1 Å². The molecule has 0 spiro atoms. The molecule has 0 atom stereocenters. The Morgan fingerprint density at radius 2 is 1.94 bits per heavy atom. The molecule has 31 heavy (non-hydrogen) atoms. The molecule has 8 nitrogen and oxygen atoms in total. The zero-order valence-corrected chi connectivity index (χ0v) is 16.6. The number of pyridine rings is 1. The van der Waals surface area contributed by atoms with Crippen molar-refractivity contribution in [2.24, 2.45) is 5.10 Å². The van der Waals surface area contributed by atoms with E-state index in [0.717, 1.165) is 12.0 Å². The lowest BCUT2D eigenvalue weighted by Gasteiger charge is -2.09. The molecule has 4 aromatic rings. The van der Waals surface area contributed by atoms with E-state index in [1.165, 1.54) is 23.9 Å². The van der Waals surface area contributed by atoms with Crippen LogP contribution < -0.4 is 5.43 Å². The minimum absolute atomic E-state index is 0.156. The van der Waals surface area contributed by atoms with Crippen LogP contribution in [0.15, 0.2) is 76.2 Å². The highest BCUT2D eigenvalue weighted by molar-refractivity contribution is 6.07. The topological polar surface area (TPSA) is 111 Å². The van der Waals surface area contributed by atoms with Crippen LogP contribution in [0.25, 0.3) is 22.2 Å². The Bertz CT molecular complexity index is 1290. The fraction of sp³-hybridized carbons (Fsp3) is 0.0870. The summed E-state index contributed by atoms with van der Waals surface area (Å²) in [7, 11) is 0. The van der Waals surface area contributed by atoms with Crippen LogP contribution in [0.2, 0.25) is 0 Å². The van der Waals surface area contributed by atoms with Crippen molar-refractivity contribution in [3.05, 3.63) is 93.7 Å². The number of furan rings is 1. The second kappa shape index (κ2) is 8.58. The molecule has 0 unspecified atom stereocenters. The van der Waals surface area contributed by atoms with Gasteiger partial charge in [0.15, 0.2) is 5.76 Å². The molecule has 2 aromatic heterocycles. The molecule has 0 aliphatic carbocycles. The van der Waals surface area contributed by atoms with Crippen LogP contribution in [-0.4, -0.2) is 22.0 Å². The molecule has 1 N–H and O–H groups in total. The highest BCUT2D eigenvalue weighted by atomic mass is 16.6. The van der Waals surface area contributed by atoms with Gasteiger partial charge < -0.3 is 4.42 Å². The first-order valence-corrected chi connectivity index (χ1v) is 9.62. The number of carbonyl (C=O) groups excluding carboxylic acids is 1. The van der Waals surface area contributed by atoms with E-state index in [1.807, 2.05) is 48.5 Å². The molecule has 2 heterocycles. The van der Waals surface area contributed by atoms with Gasteiger partial charge in [0.1, 0.15) is 4.92 Å². The quantitative estimate of drug-likeness (QED) is 0.279. The summed E-state index contributed by atoms with van der Waals surface area (Å²) in [5.74, 6) is -0.669. The van der Waals surface area contributed by atoms with Crippen LogP contribution in [0.3, 0.4) is 0 Å². The van der Waals surface area contributed by atoms with Gasteiger partial charge in [-0.2, -0.15) is 5.10 Å². The number of fused-ring (bicyclic) bond motifs is 1. The Morgan fingerprint density at radius 1 is 1.16 bits per heavy atom. The summed E-state index contributed by atoms with van der Waals surface area (Å²) in [4.78, 5) is 27.6. The van der Waals surface area contributed by atoms with Gasteiger partial charge in [-0.1, -0.05) is 49.4 Å². The van der Waals surface area contributed by atoms with Crippen molar-refractivity contribution >= 4 is 28.9 Å². The predicted molar refractivity (Wildman–Crippen MR) is 117 cm³/mol. The lowest BCUT2D eigenvalue weighted by atomic mass is 10.0. The molecule has 1 amide bonds. The number of para-hydroxylation sites is 1. The maximum Gasteiger partial charge on any atom is 0.433 e. The van der Waals surface area contributed by atoms with Crippen molar-refractivity contribution < 1.29 is 14.1 Å². The minimum Gasteiger partial charge on any atom is -0.400 e. The maximum atomic E-state index is 12.9. The number of benzene rings is 2. The smallest absolute Gasteiger partial charge is 0.400 e. The van der Waals surface area contributed by atoms with Gasteiger partial charge in [-0.15, -0.1) is 0 Å². The van der Waals surface area contributed by atoms with Crippen LogP contribution in [0.1, 0.15) is 28.6 Å². The van der Waals surface area contributed by atoms with Gasteiger partial charge in [0.25, 0.3) is 5.91 Å². The second-order valence-electron chi connectivity index (χ2n) is 6.75. The Morgan fingerprint density at radius 3 is 2.65 bits per heavy atom. The summed E-state index contributed by atoms with van der Waals surface area (Å²) in [5, 5.41) is 15.2. The lowest BCUT2D eigenvalue weighted by molar-refractivity contribution is -0.402. The first kappa shape index (κ1) is 20.0. The van der Waals surface area contributed by atoms with E-state index in [1.54, 1.807) is 6.07 Å². The highest BCUT2D eigenvalue weighted by Gasteiger charge is 2.14. The normalized spacial score (nSPS) is 11.1. The SMILES string of the molecule is CCc1ccc(-c2cc(C(=O)N/N=C/c3ccc([N+](=O)[O-])o3)c3ccccc3n2)cc1. The number of hydrazone groups is 1. The molecular weight excluding hydrogens is 396 g/mol. The number of nitrogens with zero attached hydrogens (tertiary/aromatic N) is 3. The number of nitro groups is 1. The Hall–Kier alpha value is -4.33. The van der Waals surface area contributed by atoms with Crippen molar-refractivity contribution in [2.75, 3.05) is 0 Å². The molecule has 154 valence electrons. The fourth-order valence-corrected chi connectivity index (χ4v) is 3.15. The van der Waals surface area contributed by atoms with Crippen molar-refractivity contribution in [1.29, 1.82) is 0 Å². The molecule has 0 aliphatic heterocycles. The predicted octanol–water partition coefficient (Wildman–Crippen LogP) is 4.73. The third kappa shape index (κ3) is 4.32. The molecule has 8 heteroatoms. The zero-order valence-electron chi connectivity index (χ0n) is 16.6. The Labute approximate surface area is 177 Å². The monoisotopic (exact) mass is 414 g/mol. The molecule has 0 saturated carbocycles. The number of nitrogens with one attached hydrogen (secondary N) is 1. The van der Waals surface area contributed by atoms with Gasteiger partial charge in [-0.3, -0.25) is 14.9 Å². The Kier molecular flexibility index (Phi) is 5.53. The van der Waals surface area contributed by atoms with E-state index in [-0.39, 0.29) is 5.76 Å². The fourth-order valence-electron chi connectivity index (χ4n) is 3.15. The number of amides is 1. The van der Waals surface area contributed by atoms with E-state index in [4.69, 9.17) is 9.40 Å². The average Bonchev–Trinajstić information content (AvgIpc) is 3.27. The van der Waals surface area contributed by atoms with E-state index in [0.29, 0.717) is 22.2 Å². The van der Waals surface area contributed by atoms with Crippen LogP contribution in [0.5, 0.6) is 0 Å². The van der Waals surface area contributed by atoms with Gasteiger partial charge in [-0.05, 0) is 30.2 Å². The van der Waals surface area contributed by atoms with Gasteiger partial charge in [-0.25, -0.2) is 10.4 Å². The molecule has 0 aliphatic rings. The summed E-state index contributed by atoms with van der Waals surface area (Å²) in [6.45, 7) is 2.09. The van der Waals surface area contributed by atoms with Crippen molar-refractivity contribution in [2.45, 2.75) is 13.3 Å². The second-order valence-corrected chi connectivity index (χ2v) is 6.75. The third-order valence-corrected chi connectivity index (χ3v) is 4.77. The van der Waals surface area contributed by atoms with Crippen LogP contribution in [-0.2, 0) is 6.42 Å². The van der Waals surface area contributed by atoms with Crippen molar-refractivity contribution in [1.82, 2.24) is 10.4 Å². The molecular formula is C23H18N4O4.